The summed E-state index contributed by atoms with van der Waals surface area (Å²) < 4.78 is 7.73. The molecule has 42 heavy (non-hydrogen) atoms. The molecule has 1 aliphatic heterocycles. The molecule has 10 heteroatoms. The van der Waals surface area contributed by atoms with E-state index < -0.39 is 11.0 Å². The van der Waals surface area contributed by atoms with Gasteiger partial charge in [-0.25, -0.2) is 4.68 Å². The summed E-state index contributed by atoms with van der Waals surface area (Å²) >= 11 is 0. The van der Waals surface area contributed by atoms with Crippen LogP contribution in [0.2, 0.25) is 0 Å². The maximum absolute atomic E-state index is 13.8. The van der Waals surface area contributed by atoms with Crippen LogP contribution in [-0.4, -0.2) is 25.6 Å². The molecule has 0 saturated heterocycles. The Morgan fingerprint density at radius 3 is 2.48 bits per heavy atom. The summed E-state index contributed by atoms with van der Waals surface area (Å²) in [5.74, 6) is 1.03. The second kappa shape index (κ2) is 11.4. The third-order valence-electron chi connectivity index (χ3n) is 6.87. The Kier molecular flexibility index (Phi) is 7.17. The Morgan fingerprint density at radius 2 is 1.71 bits per heavy atom. The zero-order valence-electron chi connectivity index (χ0n) is 22.6. The molecule has 208 valence electrons. The van der Waals surface area contributed by atoms with Gasteiger partial charge in [-0.05, 0) is 42.3 Å². The highest BCUT2D eigenvalue weighted by atomic mass is 16.6. The van der Waals surface area contributed by atoms with Gasteiger partial charge in [-0.1, -0.05) is 72.8 Å². The van der Waals surface area contributed by atoms with Crippen molar-refractivity contribution in [1.29, 1.82) is 0 Å². The Bertz CT molecular complexity index is 1800. The number of non-ortho nitro benzene ring substituents is 1. The van der Waals surface area contributed by atoms with Gasteiger partial charge in [0.15, 0.2) is 5.82 Å². The van der Waals surface area contributed by atoms with E-state index in [9.17, 15) is 14.9 Å². The number of carbonyl (C=O) groups is 1. The van der Waals surface area contributed by atoms with Crippen LogP contribution in [0.4, 0.5) is 17.3 Å². The lowest BCUT2D eigenvalue weighted by Gasteiger charge is -2.29. The van der Waals surface area contributed by atoms with Crippen molar-refractivity contribution in [2.24, 2.45) is 0 Å². The van der Waals surface area contributed by atoms with Crippen molar-refractivity contribution in [2.45, 2.75) is 19.6 Å². The molecule has 2 N–H and O–H groups in total. The highest BCUT2D eigenvalue weighted by molar-refractivity contribution is 6.06. The third kappa shape index (κ3) is 5.46. The van der Waals surface area contributed by atoms with Gasteiger partial charge in [0.2, 0.25) is 5.95 Å². The average molecular weight is 559 g/mol. The minimum absolute atomic E-state index is 0.0646. The van der Waals surface area contributed by atoms with Crippen molar-refractivity contribution in [3.05, 3.63) is 142 Å². The number of fused-ring (bicyclic) bond motifs is 1. The molecule has 0 spiro atoms. The Labute approximate surface area is 241 Å². The predicted octanol–water partition coefficient (Wildman–Crippen LogP) is 6.36. The minimum atomic E-state index is -0.662. The smallest absolute Gasteiger partial charge is 0.270 e. The van der Waals surface area contributed by atoms with Crippen molar-refractivity contribution in [2.75, 3.05) is 10.6 Å². The number of anilines is 2. The second-order valence-corrected chi connectivity index (χ2v) is 9.74. The number of benzene rings is 4. The summed E-state index contributed by atoms with van der Waals surface area (Å²) in [6, 6.07) is 32.1. The van der Waals surface area contributed by atoms with Crippen LogP contribution in [0.25, 0.3) is 11.4 Å². The monoisotopic (exact) mass is 558 g/mol. The second-order valence-electron chi connectivity index (χ2n) is 9.74. The molecular formula is C32H26N6O4. The van der Waals surface area contributed by atoms with Crippen molar-refractivity contribution >= 4 is 23.2 Å². The van der Waals surface area contributed by atoms with Crippen molar-refractivity contribution in [3.8, 4) is 17.1 Å². The lowest BCUT2D eigenvalue weighted by molar-refractivity contribution is -0.384. The number of para-hydroxylation sites is 1. The van der Waals surface area contributed by atoms with Crippen LogP contribution in [0.5, 0.6) is 5.75 Å². The molecule has 2 heterocycles. The zero-order valence-corrected chi connectivity index (χ0v) is 22.6. The Morgan fingerprint density at radius 1 is 0.976 bits per heavy atom. The molecule has 0 radical (unpaired) electrons. The number of aromatic nitrogens is 3. The molecular weight excluding hydrogens is 532 g/mol. The number of hydrogen-bond acceptors (Lipinski definition) is 7. The summed E-state index contributed by atoms with van der Waals surface area (Å²) in [4.78, 5) is 29.4. The fourth-order valence-corrected chi connectivity index (χ4v) is 4.87. The van der Waals surface area contributed by atoms with Gasteiger partial charge in [-0.15, -0.1) is 5.10 Å². The van der Waals surface area contributed by atoms with Gasteiger partial charge in [-0.3, -0.25) is 14.9 Å². The molecule has 1 amide bonds. The molecule has 0 fully saturated rings. The average Bonchev–Trinajstić information content (AvgIpc) is 3.44. The lowest BCUT2D eigenvalue weighted by atomic mass is 9.95. The number of amides is 1. The number of nitrogens with zero attached hydrogens (tertiary/aromatic N) is 4. The third-order valence-corrected chi connectivity index (χ3v) is 6.87. The standard InChI is InChI=1S/C32H26N6O4/c1-21-28(31(39)34-25-14-6-3-7-15-25)29(23-12-9-17-27(19-23)42-20-22-10-4-2-5-11-22)37-32(33-21)35-30(36-37)24-13-8-16-26(18-24)38(40)41/h2-19,29H,20H2,1H3,(H,34,39)(H,33,35,36). The van der Waals surface area contributed by atoms with Gasteiger partial charge < -0.3 is 15.4 Å². The van der Waals surface area contributed by atoms with Crippen LogP contribution in [-0.2, 0) is 11.4 Å². The van der Waals surface area contributed by atoms with Gasteiger partial charge in [0, 0.05) is 29.1 Å². The quantitative estimate of drug-likeness (QED) is 0.168. The first kappa shape index (κ1) is 26.5. The van der Waals surface area contributed by atoms with Gasteiger partial charge in [0.1, 0.15) is 18.4 Å². The van der Waals surface area contributed by atoms with E-state index in [0.717, 1.165) is 11.1 Å². The van der Waals surface area contributed by atoms with Crippen molar-refractivity contribution in [3.63, 3.8) is 0 Å². The number of allylic oxidation sites excluding steroid dienone is 1. The summed E-state index contributed by atoms with van der Waals surface area (Å²) in [6.07, 6.45) is 0. The molecule has 1 aliphatic rings. The number of rotatable bonds is 8. The van der Waals surface area contributed by atoms with E-state index in [-0.39, 0.29) is 11.6 Å². The van der Waals surface area contributed by atoms with Crippen LogP contribution in [0.3, 0.4) is 0 Å². The van der Waals surface area contributed by atoms with E-state index >= 15 is 0 Å². The van der Waals surface area contributed by atoms with Gasteiger partial charge in [0.25, 0.3) is 11.6 Å². The highest BCUT2D eigenvalue weighted by Gasteiger charge is 2.35. The number of carbonyl (C=O) groups excluding carboxylic acids is 1. The molecule has 1 atom stereocenters. The summed E-state index contributed by atoms with van der Waals surface area (Å²) in [7, 11) is 0. The largest absolute Gasteiger partial charge is 0.489 e. The molecule has 5 aromatic rings. The molecule has 4 aromatic carbocycles. The van der Waals surface area contributed by atoms with Crippen molar-refractivity contribution in [1.82, 2.24) is 14.8 Å². The first-order valence-corrected chi connectivity index (χ1v) is 13.3. The van der Waals surface area contributed by atoms with E-state index in [2.05, 4.69) is 15.6 Å². The number of nitrogens with one attached hydrogen (secondary N) is 2. The van der Waals surface area contributed by atoms with Crippen LogP contribution < -0.4 is 15.4 Å². The maximum Gasteiger partial charge on any atom is 0.270 e. The Balaban J connectivity index is 1.40. The number of hydrogen-bond donors (Lipinski definition) is 2. The van der Waals surface area contributed by atoms with Crippen LogP contribution in [0.1, 0.15) is 24.1 Å². The molecule has 6 rings (SSSR count). The predicted molar refractivity (Wildman–Crippen MR) is 159 cm³/mol. The van der Waals surface area contributed by atoms with E-state index in [0.29, 0.717) is 46.7 Å². The van der Waals surface area contributed by atoms with Crippen LogP contribution in [0.15, 0.2) is 120 Å². The first-order chi connectivity index (χ1) is 20.5. The molecule has 0 bridgehead atoms. The topological polar surface area (TPSA) is 124 Å². The number of nitro groups is 1. The molecule has 0 saturated carbocycles. The minimum Gasteiger partial charge on any atom is -0.489 e. The lowest BCUT2D eigenvalue weighted by Crippen LogP contribution is -2.31. The highest BCUT2D eigenvalue weighted by Crippen LogP contribution is 2.38. The van der Waals surface area contributed by atoms with Gasteiger partial charge in [0.05, 0.1) is 10.5 Å². The van der Waals surface area contributed by atoms with E-state index in [1.807, 2.05) is 91.9 Å². The van der Waals surface area contributed by atoms with E-state index in [1.54, 1.807) is 16.8 Å². The molecule has 0 aliphatic carbocycles. The summed E-state index contributed by atoms with van der Waals surface area (Å²) in [5, 5.41) is 22.3. The SMILES string of the molecule is CC1=C(C(=O)Nc2ccccc2)C(c2cccc(OCc3ccccc3)c2)n2nc(-c3cccc([N+](=O)[O-])c3)nc2N1. The number of ether oxygens (including phenoxy) is 1. The summed E-state index contributed by atoms with van der Waals surface area (Å²) in [6.45, 7) is 2.20. The van der Waals surface area contributed by atoms with Gasteiger partial charge in [-0.2, -0.15) is 4.98 Å². The molecule has 1 unspecified atom stereocenters. The zero-order chi connectivity index (χ0) is 29.1. The van der Waals surface area contributed by atoms with E-state index in [1.165, 1.54) is 12.1 Å². The fourth-order valence-electron chi connectivity index (χ4n) is 4.87. The van der Waals surface area contributed by atoms with E-state index in [4.69, 9.17) is 9.84 Å². The maximum atomic E-state index is 13.8. The fraction of sp³-hybridized carbons (Fsp3) is 0.0938. The molecule has 10 nitrogen and oxygen atoms in total. The number of nitro benzene ring substituents is 1. The molecule has 1 aromatic heterocycles. The Hall–Kier alpha value is -5.77. The van der Waals surface area contributed by atoms with Crippen LogP contribution >= 0.6 is 0 Å². The first-order valence-electron chi connectivity index (χ1n) is 13.3. The van der Waals surface area contributed by atoms with Gasteiger partial charge >= 0.3 is 0 Å². The van der Waals surface area contributed by atoms with Crippen molar-refractivity contribution < 1.29 is 14.5 Å². The normalized spacial score (nSPS) is 14.1. The summed E-state index contributed by atoms with van der Waals surface area (Å²) in [5.41, 5.74) is 3.92. The van der Waals surface area contributed by atoms with Crippen LogP contribution in [0, 0.1) is 10.1 Å².